The molecule has 2 aromatic heterocycles. The van der Waals surface area contributed by atoms with Crippen molar-refractivity contribution in [3.05, 3.63) is 104 Å². The van der Waals surface area contributed by atoms with Crippen LogP contribution in [-0.2, 0) is 4.79 Å². The molecule has 0 aliphatic carbocycles. The molecule has 0 saturated carbocycles. The van der Waals surface area contributed by atoms with Gasteiger partial charge in [-0.25, -0.2) is 0 Å². The number of carbonyl (C=O) groups excluding carboxylic acids is 1. The van der Waals surface area contributed by atoms with Gasteiger partial charge in [-0.2, -0.15) is 10.2 Å². The monoisotopic (exact) mass is 514 g/mol. The molecule has 2 aromatic carbocycles. The lowest BCUT2D eigenvalue weighted by molar-refractivity contribution is -0.112. The van der Waals surface area contributed by atoms with Gasteiger partial charge in [0.1, 0.15) is 28.6 Å². The van der Waals surface area contributed by atoms with Crippen molar-refractivity contribution in [3.8, 4) is 17.7 Å². The number of benzene rings is 2. The van der Waals surface area contributed by atoms with E-state index in [2.05, 4.69) is 26.2 Å². The highest BCUT2D eigenvalue weighted by Gasteiger charge is 2.17. The minimum atomic E-state index is -0.641. The zero-order valence-corrected chi connectivity index (χ0v) is 20.0. The van der Waals surface area contributed by atoms with Gasteiger partial charge >= 0.3 is 0 Å². The van der Waals surface area contributed by atoms with Gasteiger partial charge in [-0.15, -0.1) is 0 Å². The van der Waals surface area contributed by atoms with Crippen LogP contribution in [0.2, 0.25) is 0 Å². The molecule has 4 aromatic rings. The first-order valence-electron chi connectivity index (χ1n) is 10.3. The smallest absolute Gasteiger partial charge is 0.269 e. The van der Waals surface area contributed by atoms with Gasteiger partial charge in [-0.1, -0.05) is 28.1 Å². The number of fused-ring (bicyclic) bond motifs is 1. The lowest BCUT2D eigenvalue weighted by atomic mass is 10.1. The Morgan fingerprint density at radius 3 is 2.59 bits per heavy atom. The van der Waals surface area contributed by atoms with Crippen LogP contribution in [0.15, 0.2) is 81.7 Å². The van der Waals surface area contributed by atoms with Crippen LogP contribution in [0.25, 0.3) is 11.7 Å². The zero-order valence-electron chi connectivity index (χ0n) is 18.4. The van der Waals surface area contributed by atoms with Crippen molar-refractivity contribution >= 4 is 39.2 Å². The van der Waals surface area contributed by atoms with Crippen molar-refractivity contribution in [1.82, 2.24) is 9.38 Å². The van der Waals surface area contributed by atoms with Crippen molar-refractivity contribution in [2.45, 2.75) is 13.8 Å². The quantitative estimate of drug-likeness (QED) is 0.283. The summed E-state index contributed by atoms with van der Waals surface area (Å²) in [5.74, 6) is -0.203. The first kappa shape index (κ1) is 23.0. The molecule has 1 amide bonds. The maximum Gasteiger partial charge on any atom is 0.269 e. The number of aryl methyl sites for hydroxylation is 2. The van der Waals surface area contributed by atoms with Crippen molar-refractivity contribution in [2.75, 3.05) is 5.32 Å². The van der Waals surface area contributed by atoms with Gasteiger partial charge in [0, 0.05) is 16.4 Å². The van der Waals surface area contributed by atoms with Crippen molar-refractivity contribution in [1.29, 1.82) is 5.26 Å². The Bertz CT molecular complexity index is 1530. The highest BCUT2D eigenvalue weighted by Crippen LogP contribution is 2.25. The van der Waals surface area contributed by atoms with Crippen LogP contribution in [0.1, 0.15) is 16.7 Å². The molecule has 1 N–H and O–H groups in total. The highest BCUT2D eigenvalue weighted by atomic mass is 79.9. The molecule has 2 heterocycles. The molecule has 7 nitrogen and oxygen atoms in total. The van der Waals surface area contributed by atoms with E-state index in [4.69, 9.17) is 4.74 Å². The second kappa shape index (κ2) is 9.73. The molecule has 0 fully saturated rings. The van der Waals surface area contributed by atoms with Crippen molar-refractivity contribution < 1.29 is 9.53 Å². The predicted octanol–water partition coefficient (Wildman–Crippen LogP) is 5.41. The minimum absolute atomic E-state index is 0.00903. The number of anilines is 1. The summed E-state index contributed by atoms with van der Waals surface area (Å²) in [6.45, 7) is 3.90. The van der Waals surface area contributed by atoms with E-state index in [-0.39, 0.29) is 17.0 Å². The van der Waals surface area contributed by atoms with E-state index < -0.39 is 11.5 Å². The number of aromatic nitrogens is 2. The number of hydrogen-bond donors (Lipinski definition) is 1. The number of nitrogens with zero attached hydrogens (tertiary/aromatic N) is 3. The van der Waals surface area contributed by atoms with Gasteiger partial charge in [0.15, 0.2) is 0 Å². The summed E-state index contributed by atoms with van der Waals surface area (Å²) < 4.78 is 8.09. The minimum Gasteiger partial charge on any atom is -0.438 e. The summed E-state index contributed by atoms with van der Waals surface area (Å²) in [6.07, 6.45) is 2.77. The summed E-state index contributed by atoms with van der Waals surface area (Å²) in [7, 11) is 0. The van der Waals surface area contributed by atoms with Crippen LogP contribution in [0.3, 0.4) is 0 Å². The molecule has 0 radical (unpaired) electrons. The molecule has 168 valence electrons. The van der Waals surface area contributed by atoms with E-state index in [0.29, 0.717) is 17.1 Å². The van der Waals surface area contributed by atoms with Crippen LogP contribution in [-0.4, -0.2) is 15.3 Å². The molecule has 0 spiro atoms. The fraction of sp³-hybridized carbons (Fsp3) is 0.0769. The first-order chi connectivity index (χ1) is 16.4. The van der Waals surface area contributed by atoms with Gasteiger partial charge in [0.2, 0.25) is 5.88 Å². The Kier molecular flexibility index (Phi) is 6.57. The van der Waals surface area contributed by atoms with Gasteiger partial charge in [-0.05, 0) is 79.6 Å². The maximum atomic E-state index is 13.3. The second-order valence-corrected chi connectivity index (χ2v) is 8.46. The van der Waals surface area contributed by atoms with Crippen LogP contribution in [0, 0.1) is 25.2 Å². The number of nitriles is 1. The Labute approximate surface area is 204 Å². The van der Waals surface area contributed by atoms with Crippen LogP contribution < -0.4 is 15.6 Å². The van der Waals surface area contributed by atoms with Crippen LogP contribution in [0.5, 0.6) is 11.6 Å². The molecule has 34 heavy (non-hydrogen) atoms. The molecule has 4 rings (SSSR count). The molecule has 8 heteroatoms. The zero-order chi connectivity index (χ0) is 24.2. The predicted molar refractivity (Wildman–Crippen MR) is 134 cm³/mol. The third kappa shape index (κ3) is 4.90. The lowest BCUT2D eigenvalue weighted by Crippen LogP contribution is -2.20. The molecule has 0 atom stereocenters. The fourth-order valence-corrected chi connectivity index (χ4v) is 3.47. The second-order valence-electron chi connectivity index (χ2n) is 7.54. The molecule has 0 bridgehead atoms. The topological polar surface area (TPSA) is 96.5 Å². The van der Waals surface area contributed by atoms with E-state index in [1.54, 1.807) is 54.7 Å². The Balaban J connectivity index is 1.78. The number of carbonyl (C=O) groups is 1. The molecule has 0 saturated heterocycles. The Morgan fingerprint density at radius 2 is 1.88 bits per heavy atom. The number of rotatable bonds is 5. The normalized spacial score (nSPS) is 11.2. The van der Waals surface area contributed by atoms with E-state index in [1.165, 1.54) is 10.5 Å². The summed E-state index contributed by atoms with van der Waals surface area (Å²) in [4.78, 5) is 30.6. The summed E-state index contributed by atoms with van der Waals surface area (Å²) in [5.41, 5.74) is 2.27. The molecular weight excluding hydrogens is 496 g/mol. The number of pyridine rings is 1. The van der Waals surface area contributed by atoms with E-state index >= 15 is 0 Å². The third-order valence-electron chi connectivity index (χ3n) is 5.18. The standard InChI is InChI=1S/C26H19BrN4O3/c1-16-6-9-20(13-17(16)2)29-24(32)18(15-28)14-22-25(34-21-10-7-19(27)8-11-21)30-23-5-3-4-12-31(23)26(22)33/h3-14H,1-2H3,(H,29,32)/b18-14-. The van der Waals surface area contributed by atoms with E-state index in [1.807, 2.05) is 32.0 Å². The van der Waals surface area contributed by atoms with Crippen LogP contribution in [0.4, 0.5) is 5.69 Å². The average molecular weight is 515 g/mol. The highest BCUT2D eigenvalue weighted by molar-refractivity contribution is 9.10. The Morgan fingerprint density at radius 1 is 1.12 bits per heavy atom. The number of ether oxygens (including phenoxy) is 1. The summed E-state index contributed by atoms with van der Waals surface area (Å²) in [6, 6.07) is 19.4. The van der Waals surface area contributed by atoms with Gasteiger partial charge in [0.25, 0.3) is 11.5 Å². The number of nitrogens with one attached hydrogen (secondary N) is 1. The van der Waals surface area contributed by atoms with E-state index in [0.717, 1.165) is 15.6 Å². The number of hydrogen-bond acceptors (Lipinski definition) is 5. The molecule has 0 unspecified atom stereocenters. The average Bonchev–Trinajstić information content (AvgIpc) is 2.83. The van der Waals surface area contributed by atoms with Gasteiger partial charge in [-0.3, -0.25) is 14.0 Å². The first-order valence-corrected chi connectivity index (χ1v) is 11.1. The van der Waals surface area contributed by atoms with Crippen molar-refractivity contribution in [2.24, 2.45) is 0 Å². The van der Waals surface area contributed by atoms with Crippen LogP contribution >= 0.6 is 15.9 Å². The third-order valence-corrected chi connectivity index (χ3v) is 5.71. The van der Waals surface area contributed by atoms with Crippen molar-refractivity contribution in [3.63, 3.8) is 0 Å². The number of amides is 1. The maximum absolute atomic E-state index is 13.3. The van der Waals surface area contributed by atoms with E-state index in [9.17, 15) is 14.9 Å². The Hall–Kier alpha value is -4.22. The SMILES string of the molecule is Cc1ccc(NC(=O)/C(C#N)=C\c2c(Oc3ccc(Br)cc3)nc3ccccn3c2=O)cc1C. The summed E-state index contributed by atoms with van der Waals surface area (Å²) in [5, 5.41) is 12.4. The molecule has 0 aliphatic heterocycles. The largest absolute Gasteiger partial charge is 0.438 e. The van der Waals surface area contributed by atoms with Gasteiger partial charge < -0.3 is 10.1 Å². The molecular formula is C26H19BrN4O3. The lowest BCUT2D eigenvalue weighted by Gasteiger charge is -2.11. The molecule has 0 aliphatic rings. The fourth-order valence-electron chi connectivity index (χ4n) is 3.21. The van der Waals surface area contributed by atoms with Gasteiger partial charge in [0.05, 0.1) is 0 Å². The number of halogens is 1. The summed E-state index contributed by atoms with van der Waals surface area (Å²) >= 11 is 3.37.